The van der Waals surface area contributed by atoms with E-state index < -0.39 is 0 Å². The number of rotatable bonds is 1. The van der Waals surface area contributed by atoms with E-state index >= 15 is 0 Å². The number of carbonyl (C=O) groups excluding carboxylic acids is 1. The van der Waals surface area contributed by atoms with Gasteiger partial charge in [-0.3, -0.25) is 4.79 Å². The molecule has 3 nitrogen and oxygen atoms in total. The lowest BCUT2D eigenvalue weighted by Crippen LogP contribution is -2.49. The van der Waals surface area contributed by atoms with E-state index in [1.165, 1.54) is 6.42 Å². The number of hydrogen-bond donors (Lipinski definition) is 0. The van der Waals surface area contributed by atoms with Gasteiger partial charge in [-0.05, 0) is 37.8 Å². The average molecular weight is 280 g/mol. The summed E-state index contributed by atoms with van der Waals surface area (Å²) in [6.07, 6.45) is 5.39. The third-order valence-corrected chi connectivity index (χ3v) is 4.49. The zero-order valence-electron chi connectivity index (χ0n) is 10.9. The Morgan fingerprint density at radius 2 is 1.95 bits per heavy atom. The summed E-state index contributed by atoms with van der Waals surface area (Å²) in [4.78, 5) is 14.6. The maximum atomic E-state index is 12.7. The van der Waals surface area contributed by atoms with E-state index in [4.69, 9.17) is 16.3 Å². The Hall–Kier alpha value is -1.06. The standard InChI is InChI=1S/C15H18ClNO2/c16-13-7-3-2-6-12(13)14(18)17-10-11-19-15(17)8-4-1-5-9-15/h2-3,6-7H,1,4-5,8-11H2. The summed E-state index contributed by atoms with van der Waals surface area (Å²) in [5.41, 5.74) is 0.216. The lowest BCUT2D eigenvalue weighted by molar-refractivity contribution is -0.0919. The van der Waals surface area contributed by atoms with E-state index in [1.54, 1.807) is 12.1 Å². The molecule has 0 radical (unpaired) electrons. The second-order valence-electron chi connectivity index (χ2n) is 5.29. The highest BCUT2D eigenvalue weighted by Crippen LogP contribution is 2.39. The van der Waals surface area contributed by atoms with Crippen LogP contribution in [0.4, 0.5) is 0 Å². The summed E-state index contributed by atoms with van der Waals surface area (Å²) < 4.78 is 5.94. The second kappa shape index (κ2) is 5.14. The van der Waals surface area contributed by atoms with E-state index in [2.05, 4.69) is 0 Å². The molecular weight excluding hydrogens is 262 g/mol. The Balaban J connectivity index is 1.88. The molecule has 0 unspecified atom stereocenters. The Labute approximate surface area is 118 Å². The van der Waals surface area contributed by atoms with Crippen molar-refractivity contribution in [1.29, 1.82) is 0 Å². The van der Waals surface area contributed by atoms with Crippen LogP contribution in [0, 0.1) is 0 Å². The van der Waals surface area contributed by atoms with Gasteiger partial charge in [-0.15, -0.1) is 0 Å². The molecule has 1 saturated heterocycles. The number of amides is 1. The van der Waals surface area contributed by atoms with Crippen LogP contribution in [0.15, 0.2) is 24.3 Å². The van der Waals surface area contributed by atoms with E-state index in [1.807, 2.05) is 17.0 Å². The molecule has 0 atom stereocenters. The molecule has 0 N–H and O–H groups in total. The molecule has 1 saturated carbocycles. The molecule has 1 spiro atoms. The maximum absolute atomic E-state index is 12.7. The highest BCUT2D eigenvalue weighted by molar-refractivity contribution is 6.33. The van der Waals surface area contributed by atoms with Crippen LogP contribution in [0.25, 0.3) is 0 Å². The topological polar surface area (TPSA) is 29.5 Å². The normalized spacial score (nSPS) is 21.8. The SMILES string of the molecule is O=C(c1ccccc1Cl)N1CCOC12CCCCC2. The fourth-order valence-electron chi connectivity index (χ4n) is 3.19. The summed E-state index contributed by atoms with van der Waals surface area (Å²) >= 11 is 6.14. The maximum Gasteiger partial charge on any atom is 0.257 e. The molecule has 0 bridgehead atoms. The van der Waals surface area contributed by atoms with Crippen LogP contribution in [-0.4, -0.2) is 29.7 Å². The van der Waals surface area contributed by atoms with Crippen molar-refractivity contribution in [1.82, 2.24) is 4.90 Å². The van der Waals surface area contributed by atoms with Gasteiger partial charge < -0.3 is 9.64 Å². The number of halogens is 1. The molecule has 102 valence electrons. The predicted molar refractivity (Wildman–Crippen MR) is 74.3 cm³/mol. The number of hydrogen-bond acceptors (Lipinski definition) is 2. The second-order valence-corrected chi connectivity index (χ2v) is 5.70. The van der Waals surface area contributed by atoms with E-state index in [-0.39, 0.29) is 11.6 Å². The molecule has 2 fully saturated rings. The molecule has 3 rings (SSSR count). The number of ether oxygens (including phenoxy) is 1. The minimum Gasteiger partial charge on any atom is -0.354 e. The third kappa shape index (κ3) is 2.26. The molecule has 1 aromatic rings. The van der Waals surface area contributed by atoms with Gasteiger partial charge in [0.25, 0.3) is 5.91 Å². The largest absolute Gasteiger partial charge is 0.354 e. The fraction of sp³-hybridized carbons (Fsp3) is 0.533. The number of nitrogens with zero attached hydrogens (tertiary/aromatic N) is 1. The van der Waals surface area contributed by atoms with Crippen LogP contribution in [-0.2, 0) is 4.74 Å². The molecule has 4 heteroatoms. The monoisotopic (exact) mass is 279 g/mol. The van der Waals surface area contributed by atoms with Crippen LogP contribution in [0.3, 0.4) is 0 Å². The first kappa shape index (κ1) is 12.9. The van der Waals surface area contributed by atoms with Crippen LogP contribution in [0.1, 0.15) is 42.5 Å². The average Bonchev–Trinajstić information content (AvgIpc) is 2.82. The van der Waals surface area contributed by atoms with Crippen molar-refractivity contribution < 1.29 is 9.53 Å². The lowest BCUT2D eigenvalue weighted by Gasteiger charge is -2.40. The van der Waals surface area contributed by atoms with Crippen LogP contribution in [0.5, 0.6) is 0 Å². The van der Waals surface area contributed by atoms with Crippen LogP contribution < -0.4 is 0 Å². The van der Waals surface area contributed by atoms with E-state index in [9.17, 15) is 4.79 Å². The molecule has 0 aromatic heterocycles. The van der Waals surface area contributed by atoms with Gasteiger partial charge in [-0.2, -0.15) is 0 Å². The predicted octanol–water partition coefficient (Wildman–Crippen LogP) is 3.47. The van der Waals surface area contributed by atoms with Gasteiger partial charge in [0.05, 0.1) is 17.2 Å². The quantitative estimate of drug-likeness (QED) is 0.788. The van der Waals surface area contributed by atoms with Crippen molar-refractivity contribution in [3.8, 4) is 0 Å². The molecule has 1 aliphatic heterocycles. The van der Waals surface area contributed by atoms with Gasteiger partial charge in [-0.25, -0.2) is 0 Å². The summed E-state index contributed by atoms with van der Waals surface area (Å²) in [6.45, 7) is 1.31. The molecular formula is C15H18ClNO2. The fourth-order valence-corrected chi connectivity index (χ4v) is 3.41. The molecule has 19 heavy (non-hydrogen) atoms. The summed E-state index contributed by atoms with van der Waals surface area (Å²) in [7, 11) is 0. The van der Waals surface area contributed by atoms with Crippen molar-refractivity contribution in [2.24, 2.45) is 0 Å². The van der Waals surface area contributed by atoms with Gasteiger partial charge >= 0.3 is 0 Å². The highest BCUT2D eigenvalue weighted by Gasteiger charge is 2.45. The zero-order valence-corrected chi connectivity index (χ0v) is 11.7. The minimum atomic E-state index is -0.367. The molecule has 1 aliphatic carbocycles. The van der Waals surface area contributed by atoms with Gasteiger partial charge in [0.1, 0.15) is 5.72 Å². The van der Waals surface area contributed by atoms with Crippen molar-refractivity contribution in [3.05, 3.63) is 34.9 Å². The Kier molecular flexibility index (Phi) is 3.50. The van der Waals surface area contributed by atoms with Gasteiger partial charge in [0.15, 0.2) is 0 Å². The zero-order chi connectivity index (χ0) is 13.3. The Morgan fingerprint density at radius 1 is 1.21 bits per heavy atom. The van der Waals surface area contributed by atoms with E-state index in [0.29, 0.717) is 23.7 Å². The minimum absolute atomic E-state index is 0.00463. The van der Waals surface area contributed by atoms with Gasteiger partial charge in [-0.1, -0.05) is 30.2 Å². The molecule has 1 aromatic carbocycles. The number of benzene rings is 1. The Morgan fingerprint density at radius 3 is 2.68 bits per heavy atom. The van der Waals surface area contributed by atoms with Crippen molar-refractivity contribution >= 4 is 17.5 Å². The first-order chi connectivity index (χ1) is 9.23. The molecule has 1 amide bonds. The summed E-state index contributed by atoms with van der Waals surface area (Å²) in [6, 6.07) is 7.25. The van der Waals surface area contributed by atoms with Crippen molar-refractivity contribution in [3.63, 3.8) is 0 Å². The first-order valence-corrected chi connectivity index (χ1v) is 7.31. The first-order valence-electron chi connectivity index (χ1n) is 6.93. The molecule has 1 heterocycles. The van der Waals surface area contributed by atoms with Crippen molar-refractivity contribution in [2.75, 3.05) is 13.2 Å². The molecule has 2 aliphatic rings. The van der Waals surface area contributed by atoms with E-state index in [0.717, 1.165) is 25.7 Å². The third-order valence-electron chi connectivity index (χ3n) is 4.16. The van der Waals surface area contributed by atoms with Crippen molar-refractivity contribution in [2.45, 2.75) is 37.8 Å². The smallest absolute Gasteiger partial charge is 0.257 e. The van der Waals surface area contributed by atoms with Gasteiger partial charge in [0, 0.05) is 6.54 Å². The van der Waals surface area contributed by atoms with Gasteiger partial charge in [0.2, 0.25) is 0 Å². The summed E-state index contributed by atoms with van der Waals surface area (Å²) in [5.74, 6) is 0.00463. The number of carbonyl (C=O) groups is 1. The summed E-state index contributed by atoms with van der Waals surface area (Å²) in [5, 5.41) is 0.519. The Bertz CT molecular complexity index is 483. The lowest BCUT2D eigenvalue weighted by atomic mass is 9.90. The van der Waals surface area contributed by atoms with Crippen LogP contribution in [0.2, 0.25) is 5.02 Å². The highest BCUT2D eigenvalue weighted by atomic mass is 35.5. The van der Waals surface area contributed by atoms with Crippen LogP contribution >= 0.6 is 11.6 Å².